The summed E-state index contributed by atoms with van der Waals surface area (Å²) < 4.78 is 37.9. The van der Waals surface area contributed by atoms with Crippen LogP contribution in [0.4, 0.5) is 18.9 Å². The molecule has 3 rings (SSSR count). The number of anilines is 1. The van der Waals surface area contributed by atoms with Gasteiger partial charge in [0, 0.05) is 5.56 Å². The fourth-order valence-electron chi connectivity index (χ4n) is 2.65. The number of benzene rings is 3. The molecule has 0 aliphatic rings. The Hall–Kier alpha value is -3.61. The first-order valence-electron chi connectivity index (χ1n) is 8.17. The van der Waals surface area contributed by atoms with E-state index in [-0.39, 0.29) is 16.8 Å². The molecule has 0 unspecified atom stereocenters. The monoisotopic (exact) mass is 385 g/mol. The van der Waals surface area contributed by atoms with Gasteiger partial charge in [0.05, 0.1) is 16.8 Å². The van der Waals surface area contributed by atoms with Crippen molar-refractivity contribution in [1.82, 2.24) is 0 Å². The predicted molar refractivity (Wildman–Crippen MR) is 98.2 cm³/mol. The predicted octanol–water partition coefficient (Wildman–Crippen LogP) is 5.32. The van der Waals surface area contributed by atoms with Crippen LogP contribution in [0.3, 0.4) is 0 Å². The first-order valence-corrected chi connectivity index (χ1v) is 8.17. The number of carboxylic acid groups (broad SMARTS) is 1. The second kappa shape index (κ2) is 7.56. The summed E-state index contributed by atoms with van der Waals surface area (Å²) in [4.78, 5) is 23.9. The summed E-state index contributed by atoms with van der Waals surface area (Å²) in [6.45, 7) is 0. The first-order chi connectivity index (χ1) is 13.3. The third-order valence-electron chi connectivity index (χ3n) is 4.08. The number of rotatable bonds is 4. The van der Waals surface area contributed by atoms with Crippen LogP contribution in [-0.2, 0) is 6.18 Å². The smallest absolute Gasteiger partial charge is 0.416 e. The standard InChI is InChI=1S/C21H14F3NO3/c22-21(23,24)16-9-6-14(7-10-16)19(26)25-18-12-15(8-11-17(18)20(27)28)13-4-2-1-3-5-13/h1-12H,(H,25,26)(H,27,28). The Kier molecular flexibility index (Phi) is 5.17. The van der Waals surface area contributed by atoms with E-state index < -0.39 is 23.6 Å². The first kappa shape index (κ1) is 19.2. The summed E-state index contributed by atoms with van der Waals surface area (Å²) in [5, 5.41) is 11.8. The van der Waals surface area contributed by atoms with Crippen molar-refractivity contribution < 1.29 is 27.9 Å². The second-order valence-corrected chi connectivity index (χ2v) is 5.96. The van der Waals surface area contributed by atoms with Crippen LogP contribution in [0.1, 0.15) is 26.3 Å². The van der Waals surface area contributed by atoms with E-state index in [0.29, 0.717) is 5.56 Å². The number of carbonyl (C=O) groups excluding carboxylic acids is 1. The van der Waals surface area contributed by atoms with Gasteiger partial charge in [-0.05, 0) is 47.5 Å². The zero-order valence-corrected chi connectivity index (χ0v) is 14.3. The van der Waals surface area contributed by atoms with Crippen molar-refractivity contribution in [2.24, 2.45) is 0 Å². The van der Waals surface area contributed by atoms with Crippen molar-refractivity contribution in [3.05, 3.63) is 89.5 Å². The number of aromatic carboxylic acids is 1. The number of hydrogen-bond donors (Lipinski definition) is 2. The maximum absolute atomic E-state index is 12.6. The lowest BCUT2D eigenvalue weighted by Gasteiger charge is -2.12. The zero-order chi connectivity index (χ0) is 20.3. The highest BCUT2D eigenvalue weighted by Gasteiger charge is 2.30. The molecule has 0 aliphatic carbocycles. The van der Waals surface area contributed by atoms with E-state index in [9.17, 15) is 27.9 Å². The number of carbonyl (C=O) groups is 2. The number of amides is 1. The summed E-state index contributed by atoms with van der Waals surface area (Å²) in [6, 6.07) is 17.3. The molecule has 2 N–H and O–H groups in total. The Balaban J connectivity index is 1.91. The Morgan fingerprint density at radius 1 is 0.821 bits per heavy atom. The van der Waals surface area contributed by atoms with Crippen LogP contribution in [0, 0.1) is 0 Å². The normalized spacial score (nSPS) is 11.1. The summed E-state index contributed by atoms with van der Waals surface area (Å²) in [5.41, 5.74) is 0.548. The molecule has 0 spiro atoms. The quantitative estimate of drug-likeness (QED) is 0.639. The molecule has 0 bridgehead atoms. The fraction of sp³-hybridized carbons (Fsp3) is 0.0476. The van der Waals surface area contributed by atoms with Crippen LogP contribution >= 0.6 is 0 Å². The van der Waals surface area contributed by atoms with Gasteiger partial charge in [-0.1, -0.05) is 36.4 Å². The van der Waals surface area contributed by atoms with Crippen molar-refractivity contribution in [1.29, 1.82) is 0 Å². The van der Waals surface area contributed by atoms with E-state index >= 15 is 0 Å². The van der Waals surface area contributed by atoms with Crippen molar-refractivity contribution in [2.75, 3.05) is 5.32 Å². The van der Waals surface area contributed by atoms with E-state index in [0.717, 1.165) is 29.8 Å². The zero-order valence-electron chi connectivity index (χ0n) is 14.3. The van der Waals surface area contributed by atoms with Crippen molar-refractivity contribution >= 4 is 17.6 Å². The van der Waals surface area contributed by atoms with Crippen LogP contribution in [0.2, 0.25) is 0 Å². The van der Waals surface area contributed by atoms with Gasteiger partial charge in [-0.3, -0.25) is 4.79 Å². The molecule has 0 aliphatic heterocycles. The number of halogens is 3. The molecule has 0 fully saturated rings. The molecule has 0 aromatic heterocycles. The lowest BCUT2D eigenvalue weighted by molar-refractivity contribution is -0.137. The van der Waals surface area contributed by atoms with Crippen molar-refractivity contribution in [3.8, 4) is 11.1 Å². The van der Waals surface area contributed by atoms with Gasteiger partial charge in [-0.15, -0.1) is 0 Å². The highest BCUT2D eigenvalue weighted by Crippen LogP contribution is 2.30. The molecule has 0 radical (unpaired) electrons. The van der Waals surface area contributed by atoms with E-state index in [1.165, 1.54) is 12.1 Å². The van der Waals surface area contributed by atoms with Gasteiger partial charge in [0.25, 0.3) is 5.91 Å². The van der Waals surface area contributed by atoms with Gasteiger partial charge in [0.2, 0.25) is 0 Å². The Morgan fingerprint density at radius 2 is 1.46 bits per heavy atom. The van der Waals surface area contributed by atoms with Gasteiger partial charge < -0.3 is 10.4 Å². The summed E-state index contributed by atoms with van der Waals surface area (Å²) in [5.74, 6) is -1.94. The van der Waals surface area contributed by atoms with Gasteiger partial charge >= 0.3 is 12.1 Å². The minimum Gasteiger partial charge on any atom is -0.478 e. The van der Waals surface area contributed by atoms with Crippen LogP contribution in [0.15, 0.2) is 72.8 Å². The van der Waals surface area contributed by atoms with Crippen LogP contribution < -0.4 is 5.32 Å². The lowest BCUT2D eigenvalue weighted by Crippen LogP contribution is -2.15. The lowest BCUT2D eigenvalue weighted by atomic mass is 10.0. The molecule has 0 heterocycles. The van der Waals surface area contributed by atoms with Gasteiger partial charge in [0.15, 0.2) is 0 Å². The summed E-state index contributed by atoms with van der Waals surface area (Å²) in [7, 11) is 0. The molecule has 3 aromatic rings. The minimum absolute atomic E-state index is 0.0190. The maximum Gasteiger partial charge on any atom is 0.416 e. The molecular weight excluding hydrogens is 371 g/mol. The number of alkyl halides is 3. The maximum atomic E-state index is 12.6. The molecule has 142 valence electrons. The Morgan fingerprint density at radius 3 is 2.04 bits per heavy atom. The van der Waals surface area contributed by atoms with E-state index in [1.54, 1.807) is 6.07 Å². The van der Waals surface area contributed by atoms with Crippen molar-refractivity contribution in [2.45, 2.75) is 6.18 Å². The highest BCUT2D eigenvalue weighted by molar-refractivity contribution is 6.08. The average Bonchev–Trinajstić information content (AvgIpc) is 2.68. The van der Waals surface area contributed by atoms with Crippen molar-refractivity contribution in [3.63, 3.8) is 0 Å². The molecule has 0 atom stereocenters. The van der Waals surface area contributed by atoms with Gasteiger partial charge in [-0.25, -0.2) is 4.79 Å². The third kappa shape index (κ3) is 4.20. The molecule has 3 aromatic carbocycles. The minimum atomic E-state index is -4.50. The SMILES string of the molecule is O=C(Nc1cc(-c2ccccc2)ccc1C(=O)O)c1ccc(C(F)(F)F)cc1. The molecule has 1 amide bonds. The summed E-state index contributed by atoms with van der Waals surface area (Å²) >= 11 is 0. The number of hydrogen-bond acceptors (Lipinski definition) is 2. The average molecular weight is 385 g/mol. The molecule has 4 nitrogen and oxygen atoms in total. The van der Waals surface area contributed by atoms with E-state index in [1.807, 2.05) is 30.3 Å². The fourth-order valence-corrected chi connectivity index (χ4v) is 2.65. The molecule has 28 heavy (non-hydrogen) atoms. The van der Waals surface area contributed by atoms with E-state index in [2.05, 4.69) is 5.32 Å². The third-order valence-corrected chi connectivity index (χ3v) is 4.08. The molecular formula is C21H14F3NO3. The largest absolute Gasteiger partial charge is 0.478 e. The number of nitrogens with one attached hydrogen (secondary N) is 1. The number of carboxylic acids is 1. The molecule has 7 heteroatoms. The van der Waals surface area contributed by atoms with Gasteiger partial charge in [0.1, 0.15) is 0 Å². The highest BCUT2D eigenvalue weighted by atomic mass is 19.4. The van der Waals surface area contributed by atoms with Crippen LogP contribution in [0.25, 0.3) is 11.1 Å². The Bertz CT molecular complexity index is 1010. The second-order valence-electron chi connectivity index (χ2n) is 5.96. The molecule has 0 saturated carbocycles. The van der Waals surface area contributed by atoms with E-state index in [4.69, 9.17) is 0 Å². The molecule has 0 saturated heterocycles. The topological polar surface area (TPSA) is 66.4 Å². The van der Waals surface area contributed by atoms with Crippen LogP contribution in [0.5, 0.6) is 0 Å². The van der Waals surface area contributed by atoms with Gasteiger partial charge in [-0.2, -0.15) is 13.2 Å². The summed E-state index contributed by atoms with van der Waals surface area (Å²) in [6.07, 6.45) is -4.50. The Labute approximate surface area is 158 Å². The van der Waals surface area contributed by atoms with Crippen LogP contribution in [-0.4, -0.2) is 17.0 Å².